The minimum Gasteiger partial charge on any atom is -0.433 e. The SMILES string of the molecule is FC(F)(F)c1nc2ccc(Nc3nc(-c4ccncc4)nc4ccccc34)cc2o1. The molecule has 0 bridgehead atoms. The van der Waals surface area contributed by atoms with Crippen LogP contribution in [0, 0.1) is 0 Å². The predicted octanol–water partition coefficient (Wildman–Crippen LogP) is 5.60. The van der Waals surface area contributed by atoms with Crippen LogP contribution in [0.1, 0.15) is 5.89 Å². The molecule has 0 spiro atoms. The highest BCUT2D eigenvalue weighted by atomic mass is 19.4. The number of benzene rings is 2. The number of rotatable bonds is 3. The van der Waals surface area contributed by atoms with Crippen LogP contribution in [0.15, 0.2) is 71.4 Å². The van der Waals surface area contributed by atoms with Crippen LogP contribution in [0.4, 0.5) is 24.7 Å². The summed E-state index contributed by atoms with van der Waals surface area (Å²) in [5.74, 6) is -0.261. The molecule has 5 rings (SSSR count). The average molecular weight is 407 g/mol. The third kappa shape index (κ3) is 3.30. The number of nitrogens with one attached hydrogen (secondary N) is 1. The number of anilines is 2. The zero-order valence-corrected chi connectivity index (χ0v) is 15.2. The number of nitrogens with zero attached hydrogens (tertiary/aromatic N) is 4. The first kappa shape index (κ1) is 18.0. The Morgan fingerprint density at radius 2 is 1.63 bits per heavy atom. The first-order valence-corrected chi connectivity index (χ1v) is 8.89. The van der Waals surface area contributed by atoms with Crippen molar-refractivity contribution in [3.63, 3.8) is 0 Å². The van der Waals surface area contributed by atoms with Crippen LogP contribution >= 0.6 is 0 Å². The van der Waals surface area contributed by atoms with Crippen LogP contribution in [0.3, 0.4) is 0 Å². The van der Waals surface area contributed by atoms with E-state index < -0.39 is 12.1 Å². The lowest BCUT2D eigenvalue weighted by atomic mass is 10.2. The van der Waals surface area contributed by atoms with Crippen LogP contribution in [0.5, 0.6) is 0 Å². The van der Waals surface area contributed by atoms with E-state index in [1.54, 1.807) is 30.6 Å². The van der Waals surface area contributed by atoms with Gasteiger partial charge in [-0.1, -0.05) is 12.1 Å². The summed E-state index contributed by atoms with van der Waals surface area (Å²) in [5, 5.41) is 3.93. The number of pyridine rings is 1. The predicted molar refractivity (Wildman–Crippen MR) is 105 cm³/mol. The van der Waals surface area contributed by atoms with Gasteiger partial charge in [-0.2, -0.15) is 13.2 Å². The summed E-state index contributed by atoms with van der Waals surface area (Å²) in [6.45, 7) is 0. The zero-order chi connectivity index (χ0) is 20.7. The van der Waals surface area contributed by atoms with Crippen LogP contribution in [-0.2, 0) is 6.18 Å². The summed E-state index contributed by atoms with van der Waals surface area (Å²) in [7, 11) is 0. The van der Waals surface area contributed by atoms with Crippen molar-refractivity contribution in [3.8, 4) is 11.4 Å². The smallest absolute Gasteiger partial charge is 0.433 e. The van der Waals surface area contributed by atoms with E-state index in [9.17, 15) is 13.2 Å². The number of hydrogen-bond acceptors (Lipinski definition) is 6. The van der Waals surface area contributed by atoms with Crippen LogP contribution < -0.4 is 5.32 Å². The first-order valence-electron chi connectivity index (χ1n) is 8.89. The maximum absolute atomic E-state index is 12.9. The Labute approximate surface area is 167 Å². The Balaban J connectivity index is 1.59. The Bertz CT molecular complexity index is 1370. The van der Waals surface area contributed by atoms with Crippen LogP contribution in [-0.4, -0.2) is 19.9 Å². The number of halogens is 3. The van der Waals surface area contributed by atoms with E-state index in [0.717, 1.165) is 16.5 Å². The van der Waals surface area contributed by atoms with Crippen molar-refractivity contribution in [2.45, 2.75) is 6.18 Å². The van der Waals surface area contributed by atoms with Gasteiger partial charge in [0.25, 0.3) is 0 Å². The molecule has 0 radical (unpaired) electrons. The van der Waals surface area contributed by atoms with Crippen molar-refractivity contribution in [2.75, 3.05) is 5.32 Å². The highest BCUT2D eigenvalue weighted by molar-refractivity contribution is 5.93. The van der Waals surface area contributed by atoms with E-state index in [1.807, 2.05) is 24.3 Å². The molecule has 0 aliphatic rings. The van der Waals surface area contributed by atoms with Gasteiger partial charge in [0.1, 0.15) is 11.3 Å². The Kier molecular flexibility index (Phi) is 4.09. The van der Waals surface area contributed by atoms with E-state index in [1.165, 1.54) is 12.1 Å². The minimum absolute atomic E-state index is 0.0278. The fourth-order valence-electron chi connectivity index (χ4n) is 3.06. The van der Waals surface area contributed by atoms with Gasteiger partial charge in [-0.05, 0) is 36.4 Å². The molecule has 0 saturated carbocycles. The quantitative estimate of drug-likeness (QED) is 0.420. The minimum atomic E-state index is -4.64. The van der Waals surface area contributed by atoms with Gasteiger partial charge in [0.15, 0.2) is 11.4 Å². The number of aromatic nitrogens is 4. The molecule has 3 heterocycles. The summed E-state index contributed by atoms with van der Waals surface area (Å²) in [4.78, 5) is 16.7. The van der Waals surface area contributed by atoms with Crippen molar-refractivity contribution in [1.29, 1.82) is 0 Å². The fourth-order valence-corrected chi connectivity index (χ4v) is 3.06. The number of fused-ring (bicyclic) bond motifs is 2. The Morgan fingerprint density at radius 3 is 2.43 bits per heavy atom. The van der Waals surface area contributed by atoms with Crippen LogP contribution in [0.25, 0.3) is 33.4 Å². The number of para-hydroxylation sites is 1. The summed E-state index contributed by atoms with van der Waals surface area (Å²) in [6, 6.07) is 15.6. The van der Waals surface area contributed by atoms with E-state index >= 15 is 0 Å². The summed E-state index contributed by atoms with van der Waals surface area (Å²) >= 11 is 0. The van der Waals surface area contributed by atoms with Gasteiger partial charge in [-0.25, -0.2) is 15.0 Å². The molecule has 6 nitrogen and oxygen atoms in total. The highest BCUT2D eigenvalue weighted by Crippen LogP contribution is 2.33. The molecule has 0 amide bonds. The second kappa shape index (κ2) is 6.80. The normalized spacial score (nSPS) is 11.8. The molecule has 1 N–H and O–H groups in total. The van der Waals surface area contributed by atoms with Gasteiger partial charge < -0.3 is 9.73 Å². The summed E-state index contributed by atoms with van der Waals surface area (Å²) in [6.07, 6.45) is -1.34. The third-order valence-electron chi connectivity index (χ3n) is 4.44. The molecule has 0 atom stereocenters. The standard InChI is InChI=1S/C21H12F3N5O/c22-21(23,24)20-28-16-6-5-13(11-17(16)30-20)26-19-14-3-1-2-4-15(14)27-18(29-19)12-7-9-25-10-8-12/h1-11H,(H,26,27,29). The van der Waals surface area contributed by atoms with Gasteiger partial charge >= 0.3 is 12.1 Å². The number of hydrogen-bond donors (Lipinski definition) is 1. The molecule has 0 fully saturated rings. The van der Waals surface area contributed by atoms with Crippen molar-refractivity contribution >= 4 is 33.5 Å². The second-order valence-corrected chi connectivity index (χ2v) is 6.47. The monoisotopic (exact) mass is 407 g/mol. The summed E-state index contributed by atoms with van der Waals surface area (Å²) < 4.78 is 43.5. The maximum Gasteiger partial charge on any atom is 0.468 e. The Morgan fingerprint density at radius 1 is 0.833 bits per heavy atom. The van der Waals surface area contributed by atoms with Gasteiger partial charge in [0, 0.05) is 35.1 Å². The van der Waals surface area contributed by atoms with Gasteiger partial charge in [0.05, 0.1) is 5.52 Å². The van der Waals surface area contributed by atoms with Crippen LogP contribution in [0.2, 0.25) is 0 Å². The lowest BCUT2D eigenvalue weighted by Gasteiger charge is -2.11. The molecule has 0 aliphatic carbocycles. The lowest BCUT2D eigenvalue weighted by molar-refractivity contribution is -0.156. The van der Waals surface area contributed by atoms with E-state index in [-0.39, 0.29) is 11.1 Å². The molecule has 0 aliphatic heterocycles. The maximum atomic E-state index is 12.9. The molecule has 9 heteroatoms. The van der Waals surface area contributed by atoms with E-state index in [4.69, 9.17) is 4.42 Å². The first-order chi connectivity index (χ1) is 14.5. The average Bonchev–Trinajstić information content (AvgIpc) is 3.18. The molecule has 3 aromatic heterocycles. The van der Waals surface area contributed by atoms with Crippen molar-refractivity contribution < 1.29 is 17.6 Å². The summed E-state index contributed by atoms with van der Waals surface area (Å²) in [5.41, 5.74) is 2.18. The van der Waals surface area contributed by atoms with Gasteiger partial charge in [0.2, 0.25) is 0 Å². The fraction of sp³-hybridized carbons (Fsp3) is 0.0476. The molecule has 0 saturated heterocycles. The zero-order valence-electron chi connectivity index (χ0n) is 15.2. The van der Waals surface area contributed by atoms with E-state index in [2.05, 4.69) is 25.3 Å². The second-order valence-electron chi connectivity index (χ2n) is 6.47. The topological polar surface area (TPSA) is 76.7 Å². The lowest BCUT2D eigenvalue weighted by Crippen LogP contribution is -2.04. The van der Waals surface area contributed by atoms with E-state index in [0.29, 0.717) is 17.3 Å². The van der Waals surface area contributed by atoms with Crippen molar-refractivity contribution in [1.82, 2.24) is 19.9 Å². The van der Waals surface area contributed by atoms with Crippen molar-refractivity contribution in [2.24, 2.45) is 0 Å². The van der Waals surface area contributed by atoms with Gasteiger partial charge in [-0.15, -0.1) is 0 Å². The third-order valence-corrected chi connectivity index (χ3v) is 4.44. The molecule has 5 aromatic rings. The van der Waals surface area contributed by atoms with Crippen molar-refractivity contribution in [3.05, 3.63) is 72.9 Å². The molecule has 30 heavy (non-hydrogen) atoms. The van der Waals surface area contributed by atoms with Gasteiger partial charge in [-0.3, -0.25) is 4.98 Å². The largest absolute Gasteiger partial charge is 0.468 e. The molecular weight excluding hydrogens is 395 g/mol. The number of alkyl halides is 3. The molecule has 2 aromatic carbocycles. The molecule has 148 valence electrons. The highest BCUT2D eigenvalue weighted by Gasteiger charge is 2.37. The Hall–Kier alpha value is -4.01. The molecule has 0 unspecified atom stereocenters. The number of oxazole rings is 1. The molecular formula is C21H12F3N5O.